The summed E-state index contributed by atoms with van der Waals surface area (Å²) in [4.78, 5) is 33.4. The molecule has 0 aromatic carbocycles. The van der Waals surface area contributed by atoms with Crippen molar-refractivity contribution in [3.05, 3.63) is 12.2 Å². The number of aliphatic hydroxyl groups is 1. The fourth-order valence-corrected chi connectivity index (χ4v) is 0.955. The van der Waals surface area contributed by atoms with E-state index in [1.54, 1.807) is 0 Å². The summed E-state index contributed by atoms with van der Waals surface area (Å²) in [5, 5.41) is 8.42. The summed E-state index contributed by atoms with van der Waals surface area (Å²) in [6.07, 6.45) is -1.41. The molecule has 0 radical (unpaired) electrons. The van der Waals surface area contributed by atoms with Crippen LogP contribution in [-0.4, -0.2) is 42.5 Å². The number of rotatable bonds is 8. The molecule has 0 saturated carbocycles. The molecule has 0 spiro atoms. The topological polar surface area (TPSA) is 99.1 Å². The Kier molecular flexibility index (Phi) is 8.19. The summed E-state index contributed by atoms with van der Waals surface area (Å²) in [7, 11) is 0. The van der Waals surface area contributed by atoms with Crippen LogP contribution in [0.25, 0.3) is 0 Å². The van der Waals surface area contributed by atoms with Gasteiger partial charge in [0.15, 0.2) is 0 Å². The van der Waals surface area contributed by atoms with Crippen molar-refractivity contribution in [3.63, 3.8) is 0 Å². The van der Waals surface area contributed by atoms with Crippen molar-refractivity contribution in [1.29, 1.82) is 0 Å². The molecule has 0 rings (SSSR count). The lowest BCUT2D eigenvalue weighted by Gasteiger charge is -2.13. The van der Waals surface area contributed by atoms with Crippen LogP contribution >= 0.6 is 0 Å². The van der Waals surface area contributed by atoms with Gasteiger partial charge in [-0.3, -0.25) is 9.59 Å². The van der Waals surface area contributed by atoms with Crippen LogP contribution < -0.4 is 0 Å². The Hall–Kier alpha value is -1.89. The molecule has 0 amide bonds. The number of esters is 3. The third-order valence-corrected chi connectivity index (χ3v) is 1.81. The molecular weight excluding hydrogens is 256 g/mol. The lowest BCUT2D eigenvalue weighted by Crippen LogP contribution is -2.22. The van der Waals surface area contributed by atoms with E-state index in [-0.39, 0.29) is 31.6 Å². The zero-order valence-electron chi connectivity index (χ0n) is 11.0. The van der Waals surface area contributed by atoms with Gasteiger partial charge in [-0.05, 0) is 6.92 Å². The van der Waals surface area contributed by atoms with E-state index in [9.17, 15) is 14.4 Å². The zero-order chi connectivity index (χ0) is 14.8. The summed E-state index contributed by atoms with van der Waals surface area (Å²) >= 11 is 0. The summed E-state index contributed by atoms with van der Waals surface area (Å²) in [6, 6.07) is 0. The second kappa shape index (κ2) is 9.09. The van der Waals surface area contributed by atoms with Crippen molar-refractivity contribution in [2.24, 2.45) is 0 Å². The van der Waals surface area contributed by atoms with Gasteiger partial charge in [-0.1, -0.05) is 6.58 Å². The van der Waals surface area contributed by atoms with E-state index in [2.05, 4.69) is 11.3 Å². The van der Waals surface area contributed by atoms with Crippen molar-refractivity contribution in [2.45, 2.75) is 33.0 Å². The van der Waals surface area contributed by atoms with Crippen molar-refractivity contribution in [1.82, 2.24) is 0 Å². The van der Waals surface area contributed by atoms with Gasteiger partial charge in [0, 0.05) is 12.5 Å². The van der Waals surface area contributed by atoms with E-state index in [4.69, 9.17) is 14.6 Å². The quantitative estimate of drug-likeness (QED) is 0.386. The molecule has 0 fully saturated rings. The highest BCUT2D eigenvalue weighted by atomic mass is 16.7. The standard InChI is InChI=1S/C12H18O7/c1-8(2)12(16)19-9(3)18-11(15)5-4-10(14)17-7-6-13/h9,13H,1,4-7H2,2-3H3. The minimum absolute atomic E-state index is 0.111. The van der Waals surface area contributed by atoms with Crippen LogP contribution in [0, 0.1) is 0 Å². The van der Waals surface area contributed by atoms with Gasteiger partial charge in [0.1, 0.15) is 6.61 Å². The Morgan fingerprint density at radius 1 is 1.16 bits per heavy atom. The van der Waals surface area contributed by atoms with E-state index < -0.39 is 24.2 Å². The van der Waals surface area contributed by atoms with Crippen LogP contribution in [0.15, 0.2) is 12.2 Å². The van der Waals surface area contributed by atoms with Crippen LogP contribution in [0.2, 0.25) is 0 Å². The van der Waals surface area contributed by atoms with Crippen LogP contribution in [0.3, 0.4) is 0 Å². The molecule has 0 aromatic rings. The third-order valence-electron chi connectivity index (χ3n) is 1.81. The molecule has 0 bridgehead atoms. The van der Waals surface area contributed by atoms with E-state index in [0.717, 1.165) is 0 Å². The number of aliphatic hydroxyl groups excluding tert-OH is 1. The number of carbonyl (C=O) groups excluding carboxylic acids is 3. The first kappa shape index (κ1) is 17.1. The maximum atomic E-state index is 11.3. The first-order valence-corrected chi connectivity index (χ1v) is 5.69. The Balaban J connectivity index is 3.88. The lowest BCUT2D eigenvalue weighted by molar-refractivity contribution is -0.182. The highest BCUT2D eigenvalue weighted by Gasteiger charge is 2.15. The maximum absolute atomic E-state index is 11.3. The fourth-order valence-electron chi connectivity index (χ4n) is 0.955. The number of carbonyl (C=O) groups is 3. The van der Waals surface area contributed by atoms with Crippen molar-refractivity contribution in [2.75, 3.05) is 13.2 Å². The van der Waals surface area contributed by atoms with E-state index in [0.29, 0.717) is 0 Å². The maximum Gasteiger partial charge on any atom is 0.336 e. The van der Waals surface area contributed by atoms with Crippen LogP contribution in [0.4, 0.5) is 0 Å². The summed E-state index contributed by atoms with van der Waals surface area (Å²) in [5.74, 6) is -1.97. The van der Waals surface area contributed by atoms with Crippen LogP contribution in [0.5, 0.6) is 0 Å². The molecule has 1 atom stereocenters. The van der Waals surface area contributed by atoms with E-state index in [1.165, 1.54) is 13.8 Å². The first-order chi connectivity index (χ1) is 8.86. The number of hydrogen-bond acceptors (Lipinski definition) is 7. The van der Waals surface area contributed by atoms with Gasteiger partial charge in [-0.2, -0.15) is 0 Å². The molecule has 7 nitrogen and oxygen atoms in total. The van der Waals surface area contributed by atoms with Gasteiger partial charge < -0.3 is 19.3 Å². The Morgan fingerprint density at radius 2 is 1.74 bits per heavy atom. The molecule has 19 heavy (non-hydrogen) atoms. The SMILES string of the molecule is C=C(C)C(=O)OC(C)OC(=O)CCC(=O)OCCO. The minimum Gasteiger partial charge on any atom is -0.463 e. The highest BCUT2D eigenvalue weighted by Crippen LogP contribution is 2.03. The Morgan fingerprint density at radius 3 is 2.26 bits per heavy atom. The molecule has 1 unspecified atom stereocenters. The molecule has 1 N–H and O–H groups in total. The van der Waals surface area contributed by atoms with Crippen molar-refractivity contribution in [3.8, 4) is 0 Å². The predicted molar refractivity (Wildman–Crippen MR) is 63.7 cm³/mol. The smallest absolute Gasteiger partial charge is 0.336 e. The highest BCUT2D eigenvalue weighted by molar-refractivity contribution is 5.87. The molecule has 0 aliphatic carbocycles. The zero-order valence-corrected chi connectivity index (χ0v) is 11.0. The van der Waals surface area contributed by atoms with Gasteiger partial charge in [0.25, 0.3) is 0 Å². The minimum atomic E-state index is -1.05. The average molecular weight is 274 g/mol. The van der Waals surface area contributed by atoms with Gasteiger partial charge in [-0.25, -0.2) is 4.79 Å². The number of hydrogen-bond donors (Lipinski definition) is 1. The molecule has 0 aromatic heterocycles. The summed E-state index contributed by atoms with van der Waals surface area (Å²) < 4.78 is 14.0. The van der Waals surface area contributed by atoms with Crippen LogP contribution in [0.1, 0.15) is 26.7 Å². The molecular formula is C12H18O7. The molecule has 0 heterocycles. The predicted octanol–water partition coefficient (Wildman–Crippen LogP) is 0.311. The molecule has 0 aliphatic heterocycles. The van der Waals surface area contributed by atoms with Crippen molar-refractivity contribution < 1.29 is 33.7 Å². The summed E-state index contributed by atoms with van der Waals surface area (Å²) in [6.45, 7) is 5.84. The van der Waals surface area contributed by atoms with E-state index in [1.807, 2.05) is 0 Å². The Bertz CT molecular complexity index is 348. The van der Waals surface area contributed by atoms with Crippen LogP contribution in [-0.2, 0) is 28.6 Å². The van der Waals surface area contributed by atoms with Gasteiger partial charge >= 0.3 is 17.9 Å². The Labute approximate surface area is 111 Å². The molecule has 0 saturated heterocycles. The average Bonchev–Trinajstić information content (AvgIpc) is 2.33. The molecule has 108 valence electrons. The largest absolute Gasteiger partial charge is 0.463 e. The second-order valence-electron chi connectivity index (χ2n) is 3.69. The molecule has 7 heteroatoms. The summed E-state index contributed by atoms with van der Waals surface area (Å²) in [5.41, 5.74) is 0.190. The van der Waals surface area contributed by atoms with E-state index >= 15 is 0 Å². The van der Waals surface area contributed by atoms with Gasteiger partial charge in [0.2, 0.25) is 6.29 Å². The fraction of sp³-hybridized carbons (Fsp3) is 0.583. The van der Waals surface area contributed by atoms with Gasteiger partial charge in [-0.15, -0.1) is 0 Å². The second-order valence-corrected chi connectivity index (χ2v) is 3.69. The van der Waals surface area contributed by atoms with Gasteiger partial charge in [0.05, 0.1) is 19.4 Å². The molecule has 0 aliphatic rings. The van der Waals surface area contributed by atoms with Crippen molar-refractivity contribution >= 4 is 17.9 Å². The number of ether oxygens (including phenoxy) is 3. The normalized spacial score (nSPS) is 11.3. The third kappa shape index (κ3) is 8.78. The lowest BCUT2D eigenvalue weighted by atomic mass is 10.3. The monoisotopic (exact) mass is 274 g/mol. The first-order valence-electron chi connectivity index (χ1n) is 5.69.